The smallest absolute Gasteiger partial charge is 0.318 e. The maximum absolute atomic E-state index is 12.7. The highest BCUT2D eigenvalue weighted by Crippen LogP contribution is 2.33. The Kier molecular flexibility index (Phi) is 5.61. The summed E-state index contributed by atoms with van der Waals surface area (Å²) in [5.74, 6) is 0.877. The molecule has 2 fully saturated rings. The molecule has 2 amide bonds. The lowest BCUT2D eigenvalue weighted by molar-refractivity contribution is 0.0829. The van der Waals surface area contributed by atoms with Crippen molar-refractivity contribution in [3.05, 3.63) is 29.8 Å². The monoisotopic (exact) mass is 332 g/mol. The van der Waals surface area contributed by atoms with E-state index in [1.54, 1.807) is 0 Å². The summed E-state index contributed by atoms with van der Waals surface area (Å²) in [5.41, 5.74) is 1.18. The molecule has 0 saturated carbocycles. The van der Waals surface area contributed by atoms with Crippen molar-refractivity contribution in [2.45, 2.75) is 57.7 Å². The van der Waals surface area contributed by atoms with Gasteiger partial charge in [0.15, 0.2) is 0 Å². The SMILES string of the molecule is CCOc1ccc(C2CCCN2C(=O)NC(C)C2CCCO2)cc1. The van der Waals surface area contributed by atoms with Gasteiger partial charge in [0.05, 0.1) is 24.8 Å². The second-order valence-electron chi connectivity index (χ2n) is 6.64. The molecular formula is C19H28N2O3. The van der Waals surface area contributed by atoms with Crippen molar-refractivity contribution >= 4 is 6.03 Å². The number of likely N-dealkylation sites (tertiary alicyclic amines) is 1. The van der Waals surface area contributed by atoms with E-state index >= 15 is 0 Å². The fourth-order valence-electron chi connectivity index (χ4n) is 3.68. The molecular weight excluding hydrogens is 304 g/mol. The fourth-order valence-corrected chi connectivity index (χ4v) is 3.68. The van der Waals surface area contributed by atoms with Crippen LogP contribution in [0.15, 0.2) is 24.3 Å². The topological polar surface area (TPSA) is 50.8 Å². The molecule has 0 aromatic heterocycles. The molecule has 0 spiro atoms. The number of benzene rings is 1. The third-order valence-electron chi connectivity index (χ3n) is 4.96. The first kappa shape index (κ1) is 17.1. The van der Waals surface area contributed by atoms with Crippen molar-refractivity contribution in [3.63, 3.8) is 0 Å². The molecule has 0 bridgehead atoms. The van der Waals surface area contributed by atoms with E-state index < -0.39 is 0 Å². The van der Waals surface area contributed by atoms with Crippen molar-refractivity contribution < 1.29 is 14.3 Å². The van der Waals surface area contributed by atoms with E-state index in [0.717, 1.165) is 44.6 Å². The Bertz CT molecular complexity index is 540. The minimum absolute atomic E-state index is 0.0226. The number of rotatable bonds is 5. The number of nitrogens with zero attached hydrogens (tertiary/aromatic N) is 1. The zero-order chi connectivity index (χ0) is 16.9. The average molecular weight is 332 g/mol. The summed E-state index contributed by atoms with van der Waals surface area (Å²) < 4.78 is 11.2. The van der Waals surface area contributed by atoms with E-state index in [0.29, 0.717) is 6.61 Å². The van der Waals surface area contributed by atoms with E-state index in [1.807, 2.05) is 30.9 Å². The van der Waals surface area contributed by atoms with Crippen LogP contribution in [-0.4, -0.2) is 42.8 Å². The van der Waals surface area contributed by atoms with Crippen molar-refractivity contribution in [3.8, 4) is 5.75 Å². The van der Waals surface area contributed by atoms with Crippen LogP contribution in [0.2, 0.25) is 0 Å². The normalized spacial score (nSPS) is 24.8. The first-order valence-corrected chi connectivity index (χ1v) is 9.10. The van der Waals surface area contributed by atoms with Crippen molar-refractivity contribution in [1.29, 1.82) is 0 Å². The maximum atomic E-state index is 12.7. The molecule has 1 aromatic carbocycles. The molecule has 2 aliphatic rings. The van der Waals surface area contributed by atoms with E-state index in [4.69, 9.17) is 9.47 Å². The number of nitrogens with one attached hydrogen (secondary N) is 1. The minimum atomic E-state index is 0.0226. The highest BCUT2D eigenvalue weighted by atomic mass is 16.5. The number of urea groups is 1. The number of carbonyl (C=O) groups excluding carboxylic acids is 1. The number of carbonyl (C=O) groups is 1. The van der Waals surface area contributed by atoms with Crippen LogP contribution in [0, 0.1) is 0 Å². The quantitative estimate of drug-likeness (QED) is 0.898. The second-order valence-corrected chi connectivity index (χ2v) is 6.64. The molecule has 24 heavy (non-hydrogen) atoms. The molecule has 3 unspecified atom stereocenters. The number of ether oxygens (including phenoxy) is 2. The summed E-state index contributed by atoms with van der Waals surface area (Å²) in [6.45, 7) is 6.30. The molecule has 5 heteroatoms. The second kappa shape index (κ2) is 7.88. The van der Waals surface area contributed by atoms with Crippen molar-refractivity contribution in [2.24, 2.45) is 0 Å². The van der Waals surface area contributed by atoms with Gasteiger partial charge in [-0.25, -0.2) is 4.79 Å². The Labute approximate surface area is 144 Å². The molecule has 3 atom stereocenters. The minimum Gasteiger partial charge on any atom is -0.494 e. The van der Waals surface area contributed by atoms with Gasteiger partial charge >= 0.3 is 6.03 Å². The van der Waals surface area contributed by atoms with Crippen LogP contribution in [0.3, 0.4) is 0 Å². The molecule has 1 aromatic rings. The molecule has 0 radical (unpaired) electrons. The standard InChI is InChI=1S/C19H28N2O3/c1-3-23-16-10-8-15(9-11-16)17-6-4-12-21(17)19(22)20-14(2)18-7-5-13-24-18/h8-11,14,17-18H,3-7,12-13H2,1-2H3,(H,20,22). The van der Waals surface area contributed by atoms with E-state index in [9.17, 15) is 4.79 Å². The average Bonchev–Trinajstić information content (AvgIpc) is 3.27. The zero-order valence-electron chi connectivity index (χ0n) is 14.7. The summed E-state index contributed by atoms with van der Waals surface area (Å²) >= 11 is 0. The van der Waals surface area contributed by atoms with Crippen molar-refractivity contribution in [2.75, 3.05) is 19.8 Å². The predicted molar refractivity (Wildman–Crippen MR) is 93.3 cm³/mol. The van der Waals surface area contributed by atoms with Gasteiger partial charge in [-0.05, 0) is 57.2 Å². The van der Waals surface area contributed by atoms with E-state index in [-0.39, 0.29) is 24.2 Å². The zero-order valence-corrected chi connectivity index (χ0v) is 14.7. The molecule has 132 valence electrons. The number of hydrogen-bond acceptors (Lipinski definition) is 3. The lowest BCUT2D eigenvalue weighted by atomic mass is 10.0. The van der Waals surface area contributed by atoms with E-state index in [1.165, 1.54) is 5.56 Å². The maximum Gasteiger partial charge on any atom is 0.318 e. The molecule has 0 aliphatic carbocycles. The van der Waals surface area contributed by atoms with Crippen LogP contribution in [0.5, 0.6) is 5.75 Å². The number of amides is 2. The van der Waals surface area contributed by atoms with Gasteiger partial charge in [0.2, 0.25) is 0 Å². The fraction of sp³-hybridized carbons (Fsp3) is 0.632. The lowest BCUT2D eigenvalue weighted by Crippen LogP contribution is -2.47. The molecule has 5 nitrogen and oxygen atoms in total. The van der Waals surface area contributed by atoms with Gasteiger partial charge in [0, 0.05) is 13.2 Å². The molecule has 2 aliphatic heterocycles. The van der Waals surface area contributed by atoms with Gasteiger partial charge in [0.25, 0.3) is 0 Å². The van der Waals surface area contributed by atoms with Gasteiger partial charge in [-0.1, -0.05) is 12.1 Å². The Morgan fingerprint density at radius 2 is 2.12 bits per heavy atom. The van der Waals surface area contributed by atoms with Gasteiger partial charge in [-0.3, -0.25) is 0 Å². The summed E-state index contributed by atoms with van der Waals surface area (Å²) in [6, 6.07) is 8.35. The summed E-state index contributed by atoms with van der Waals surface area (Å²) in [7, 11) is 0. The van der Waals surface area contributed by atoms with Gasteiger partial charge in [-0.15, -0.1) is 0 Å². The summed E-state index contributed by atoms with van der Waals surface area (Å²) in [4.78, 5) is 14.7. The van der Waals surface area contributed by atoms with Gasteiger partial charge < -0.3 is 19.7 Å². The largest absolute Gasteiger partial charge is 0.494 e. The van der Waals surface area contributed by atoms with Crippen LogP contribution in [0.25, 0.3) is 0 Å². The molecule has 1 N–H and O–H groups in total. The summed E-state index contributed by atoms with van der Waals surface area (Å²) in [6.07, 6.45) is 4.32. The summed E-state index contributed by atoms with van der Waals surface area (Å²) in [5, 5.41) is 3.13. The highest BCUT2D eigenvalue weighted by Gasteiger charge is 2.32. The molecule has 2 heterocycles. The van der Waals surface area contributed by atoms with Gasteiger partial charge in [-0.2, -0.15) is 0 Å². The first-order valence-electron chi connectivity index (χ1n) is 9.10. The van der Waals surface area contributed by atoms with Crippen LogP contribution in [-0.2, 0) is 4.74 Å². The molecule has 2 saturated heterocycles. The van der Waals surface area contributed by atoms with Crippen LogP contribution in [0.4, 0.5) is 4.79 Å². The third-order valence-corrected chi connectivity index (χ3v) is 4.96. The Hall–Kier alpha value is -1.75. The predicted octanol–water partition coefficient (Wildman–Crippen LogP) is 3.50. The molecule has 3 rings (SSSR count). The Balaban J connectivity index is 1.62. The third kappa shape index (κ3) is 3.83. The Morgan fingerprint density at radius 3 is 2.79 bits per heavy atom. The van der Waals surface area contributed by atoms with Gasteiger partial charge in [0.1, 0.15) is 5.75 Å². The van der Waals surface area contributed by atoms with Crippen LogP contribution >= 0.6 is 0 Å². The Morgan fingerprint density at radius 1 is 1.33 bits per heavy atom. The van der Waals surface area contributed by atoms with Crippen LogP contribution < -0.4 is 10.1 Å². The van der Waals surface area contributed by atoms with Crippen LogP contribution in [0.1, 0.15) is 51.1 Å². The highest BCUT2D eigenvalue weighted by molar-refractivity contribution is 5.75. The lowest BCUT2D eigenvalue weighted by Gasteiger charge is -2.28. The first-order chi connectivity index (χ1) is 11.7. The number of hydrogen-bond donors (Lipinski definition) is 1. The van der Waals surface area contributed by atoms with E-state index in [2.05, 4.69) is 17.4 Å². The van der Waals surface area contributed by atoms with Crippen molar-refractivity contribution in [1.82, 2.24) is 10.2 Å².